The highest BCUT2D eigenvalue weighted by Gasteiger charge is 2.62. The topological polar surface area (TPSA) is 82.6 Å². The number of aromatic nitrogens is 2. The van der Waals surface area contributed by atoms with Gasteiger partial charge in [0, 0.05) is 30.0 Å². The van der Waals surface area contributed by atoms with Gasteiger partial charge in [0.15, 0.2) is 0 Å². The molecule has 1 saturated carbocycles. The largest absolute Gasteiger partial charge is 0.462 e. The molecule has 2 spiro atoms. The first kappa shape index (κ1) is 16.3. The molecule has 0 bridgehead atoms. The van der Waals surface area contributed by atoms with E-state index in [2.05, 4.69) is 29.0 Å². The molecule has 1 fully saturated rings. The summed E-state index contributed by atoms with van der Waals surface area (Å²) in [7, 11) is 1.75. The van der Waals surface area contributed by atoms with Crippen molar-refractivity contribution >= 4 is 6.02 Å². The predicted molar refractivity (Wildman–Crippen MR) is 111 cm³/mol. The van der Waals surface area contributed by atoms with Gasteiger partial charge in [0.05, 0.1) is 8.85 Å². The van der Waals surface area contributed by atoms with Crippen molar-refractivity contribution in [2.24, 2.45) is 22.1 Å². The van der Waals surface area contributed by atoms with Crippen molar-refractivity contribution in [2.75, 3.05) is 13.7 Å². The number of ether oxygens (including phenoxy) is 2. The van der Waals surface area contributed by atoms with E-state index in [0.29, 0.717) is 0 Å². The van der Waals surface area contributed by atoms with Crippen LogP contribution >= 0.6 is 0 Å². The van der Waals surface area contributed by atoms with Crippen molar-refractivity contribution in [2.45, 2.75) is 51.2 Å². The van der Waals surface area contributed by atoms with Crippen LogP contribution in [-0.2, 0) is 21.4 Å². The summed E-state index contributed by atoms with van der Waals surface area (Å²) in [5.41, 5.74) is 9.12. The minimum absolute atomic E-state index is 0.0802. The van der Waals surface area contributed by atoms with E-state index in [1.54, 1.807) is 13.3 Å². The van der Waals surface area contributed by atoms with Gasteiger partial charge in [-0.1, -0.05) is 19.1 Å². The van der Waals surface area contributed by atoms with E-state index < -0.39 is 17.5 Å². The van der Waals surface area contributed by atoms with Gasteiger partial charge in [-0.25, -0.2) is 15.0 Å². The first-order valence-electron chi connectivity index (χ1n) is 11.2. The molecule has 0 unspecified atom stereocenters. The van der Waals surface area contributed by atoms with Crippen LogP contribution in [0.5, 0.6) is 0 Å². The van der Waals surface area contributed by atoms with E-state index in [4.69, 9.17) is 22.9 Å². The van der Waals surface area contributed by atoms with Crippen LogP contribution in [0.25, 0.3) is 11.1 Å². The Balaban J connectivity index is 1.71. The number of hydrogen-bond donors (Lipinski definition) is 1. The summed E-state index contributed by atoms with van der Waals surface area (Å²) in [5, 5.41) is 0. The fraction of sp³-hybridized carbons (Fsp3) is 0.522. The zero-order chi connectivity index (χ0) is 22.0. The molecule has 1 aliphatic heterocycles. The maximum atomic E-state index is 8.93. The predicted octanol–water partition coefficient (Wildman–Crippen LogP) is 3.37. The Kier molecular flexibility index (Phi) is 3.68. The highest BCUT2D eigenvalue weighted by atomic mass is 16.5. The molecule has 2 N–H and O–H groups in total. The summed E-state index contributed by atoms with van der Waals surface area (Å²) in [5.74, 6) is 0.280. The van der Waals surface area contributed by atoms with Gasteiger partial charge in [-0.2, -0.15) is 0 Å². The molecule has 4 atom stereocenters. The van der Waals surface area contributed by atoms with Gasteiger partial charge < -0.3 is 15.2 Å². The number of nitrogens with zero attached hydrogens (tertiary/aromatic N) is 3. The van der Waals surface area contributed by atoms with Crippen molar-refractivity contribution in [3.63, 3.8) is 0 Å². The quantitative estimate of drug-likeness (QED) is 0.844. The Morgan fingerprint density at radius 3 is 2.93 bits per heavy atom. The molecule has 2 heterocycles. The van der Waals surface area contributed by atoms with Crippen LogP contribution in [0, 0.1) is 18.3 Å². The average Bonchev–Trinajstić information content (AvgIpc) is 3.13. The molecule has 5 rings (SSSR count). The van der Waals surface area contributed by atoms with Crippen LogP contribution < -0.4 is 5.73 Å². The van der Waals surface area contributed by atoms with Crippen molar-refractivity contribution in [1.29, 1.82) is 0 Å². The fourth-order valence-corrected chi connectivity index (χ4v) is 5.76. The van der Waals surface area contributed by atoms with Crippen LogP contribution in [-0.4, -0.2) is 35.8 Å². The number of hydrogen-bond acceptors (Lipinski definition) is 6. The molecule has 6 nitrogen and oxygen atoms in total. The van der Waals surface area contributed by atoms with E-state index >= 15 is 0 Å². The minimum Gasteiger partial charge on any atom is -0.462 e. The van der Waals surface area contributed by atoms with Crippen molar-refractivity contribution < 1.29 is 12.2 Å². The van der Waals surface area contributed by atoms with E-state index in [1.165, 1.54) is 6.33 Å². The SMILES string of the molecule is [2H]C1([2H])OC(N)=N[C@]12c1cc(-c3cncnc3C)ccc1C[C@@]21CC[C@H](OC)[C@@H](C)C1. The summed E-state index contributed by atoms with van der Waals surface area (Å²) >= 11 is 0. The smallest absolute Gasteiger partial charge is 0.283 e. The molecule has 2 aromatic rings. The number of methoxy groups -OCH3 is 1. The normalized spacial score (nSPS) is 35.8. The lowest BCUT2D eigenvalue weighted by molar-refractivity contribution is -0.0445. The van der Waals surface area contributed by atoms with Crippen LogP contribution in [0.1, 0.15) is 45.7 Å². The maximum Gasteiger partial charge on any atom is 0.283 e. The third-order valence-corrected chi connectivity index (χ3v) is 7.16. The van der Waals surface area contributed by atoms with Crippen LogP contribution in [0.15, 0.2) is 35.7 Å². The molecule has 2 aliphatic carbocycles. The summed E-state index contributed by atoms with van der Waals surface area (Å²) in [6, 6.07) is 6.13. The Labute approximate surface area is 174 Å². The number of amidine groups is 1. The second-order valence-corrected chi connectivity index (χ2v) is 8.71. The number of fused-ring (bicyclic) bond motifs is 3. The number of benzene rings is 1. The molecule has 29 heavy (non-hydrogen) atoms. The van der Waals surface area contributed by atoms with E-state index in [-0.39, 0.29) is 18.0 Å². The van der Waals surface area contributed by atoms with Crippen molar-refractivity contribution in [1.82, 2.24) is 9.97 Å². The second-order valence-electron chi connectivity index (χ2n) is 8.71. The standard InChI is InChI=1S/C23H28N4O2/c1-14-9-22(7-6-20(14)28-3)10-17-5-4-16(18-11-25-13-26-15(18)2)8-19(17)23(22)12-29-21(24)27-23/h4-5,8,11,13-14,20H,6-7,9-10,12H2,1-3H3,(H2,24,27)/t14-,20-,22-,23-/m0/s1/i12D2. The van der Waals surface area contributed by atoms with Gasteiger partial charge in [0.2, 0.25) is 0 Å². The first-order valence-corrected chi connectivity index (χ1v) is 10.2. The van der Waals surface area contributed by atoms with Gasteiger partial charge in [-0.3, -0.25) is 0 Å². The molecule has 6 heteroatoms. The van der Waals surface area contributed by atoms with E-state index in [0.717, 1.165) is 53.6 Å². The highest BCUT2D eigenvalue weighted by Crippen LogP contribution is 2.62. The number of rotatable bonds is 2. The summed E-state index contributed by atoms with van der Waals surface area (Å²) in [6.07, 6.45) is 6.69. The zero-order valence-electron chi connectivity index (χ0n) is 19.1. The molecular formula is C23H28N4O2. The van der Waals surface area contributed by atoms with Crippen molar-refractivity contribution in [3.05, 3.63) is 47.5 Å². The molecule has 3 aliphatic rings. The lowest BCUT2D eigenvalue weighted by Crippen LogP contribution is -2.48. The van der Waals surface area contributed by atoms with Crippen LogP contribution in [0.4, 0.5) is 0 Å². The Morgan fingerprint density at radius 2 is 2.24 bits per heavy atom. The van der Waals surface area contributed by atoms with Crippen molar-refractivity contribution in [3.8, 4) is 11.1 Å². The molecule has 152 valence electrons. The molecule has 0 radical (unpaired) electrons. The number of nitrogens with two attached hydrogens (primary N) is 1. The summed E-state index contributed by atoms with van der Waals surface area (Å²) in [4.78, 5) is 13.3. The van der Waals surface area contributed by atoms with E-state index in [1.807, 2.05) is 13.0 Å². The number of aryl methyl sites for hydroxylation is 1. The Hall–Kier alpha value is -2.47. The monoisotopic (exact) mass is 394 g/mol. The minimum atomic E-state index is -2.04. The molecule has 0 amide bonds. The van der Waals surface area contributed by atoms with Gasteiger partial charge in [-0.05, 0) is 61.3 Å². The third kappa shape index (κ3) is 2.61. The lowest BCUT2D eigenvalue weighted by Gasteiger charge is -2.47. The molecule has 0 saturated heterocycles. The Bertz CT molecular complexity index is 1080. The third-order valence-electron chi connectivity index (χ3n) is 7.16. The zero-order valence-corrected chi connectivity index (χ0v) is 17.1. The van der Waals surface area contributed by atoms with E-state index in [9.17, 15) is 0 Å². The summed E-state index contributed by atoms with van der Waals surface area (Å²) < 4.78 is 29.1. The fourth-order valence-electron chi connectivity index (χ4n) is 5.76. The highest BCUT2D eigenvalue weighted by molar-refractivity contribution is 5.76. The van der Waals surface area contributed by atoms with Gasteiger partial charge in [0.1, 0.15) is 18.4 Å². The maximum absolute atomic E-state index is 8.93. The van der Waals surface area contributed by atoms with Crippen LogP contribution in [0.3, 0.4) is 0 Å². The number of aliphatic imine (C=N–C) groups is 1. The van der Waals surface area contributed by atoms with Gasteiger partial charge >= 0.3 is 0 Å². The first-order chi connectivity index (χ1) is 14.7. The lowest BCUT2D eigenvalue weighted by atomic mass is 9.59. The molecule has 1 aromatic carbocycles. The van der Waals surface area contributed by atoms with Gasteiger partial charge in [-0.15, -0.1) is 0 Å². The average molecular weight is 395 g/mol. The molecule has 1 aromatic heterocycles. The second kappa shape index (κ2) is 6.52. The van der Waals surface area contributed by atoms with Crippen LogP contribution in [0.2, 0.25) is 0 Å². The Morgan fingerprint density at radius 1 is 1.38 bits per heavy atom. The summed E-state index contributed by atoms with van der Waals surface area (Å²) in [6.45, 7) is 2.09. The van der Waals surface area contributed by atoms with Gasteiger partial charge in [0.25, 0.3) is 6.02 Å². The molecular weight excluding hydrogens is 364 g/mol.